The summed E-state index contributed by atoms with van der Waals surface area (Å²) in [6, 6.07) is 0. The van der Waals surface area contributed by atoms with Gasteiger partial charge in [-0.2, -0.15) is 0 Å². The largest absolute Gasteiger partial charge is 0.462 e. The molecule has 0 aliphatic rings. The molecule has 0 aromatic rings. The van der Waals surface area contributed by atoms with Crippen LogP contribution < -0.4 is 0 Å². The van der Waals surface area contributed by atoms with Gasteiger partial charge in [0.2, 0.25) is 0 Å². The molecule has 0 aliphatic heterocycles. The molecule has 0 radical (unpaired) electrons. The Morgan fingerprint density at radius 3 is 0.952 bits per heavy atom. The van der Waals surface area contributed by atoms with Crippen LogP contribution in [0.2, 0.25) is 0 Å². The van der Waals surface area contributed by atoms with Crippen molar-refractivity contribution < 1.29 is 28.6 Å². The van der Waals surface area contributed by atoms with Gasteiger partial charge in [0.15, 0.2) is 6.10 Å². The molecule has 0 spiro atoms. The van der Waals surface area contributed by atoms with E-state index in [2.05, 4.69) is 81.5 Å². The standard InChI is InChI=1S/C57H100O6/c1-4-7-10-13-15-17-19-21-23-25-26-27-28-29-30-32-33-35-37-39-41-44-47-50-56(59)62-53-54(52-61-55(58)49-46-43-12-9-6-3)63-57(60)51-48-45-42-40-38-36-34-31-24-22-20-18-16-14-11-8-5-2/h8,11,16,18,22,24,34,36,40,42,54H,4-7,9-10,12-15,17,19-21,23,25-33,35,37-39,41,43-53H2,1-3H3/b11-8-,18-16-,24-22-,36-34-,42-40-. The zero-order chi connectivity index (χ0) is 45.8. The first-order valence-electron chi connectivity index (χ1n) is 26.8. The Morgan fingerprint density at radius 2 is 0.619 bits per heavy atom. The van der Waals surface area contributed by atoms with E-state index in [1.807, 2.05) is 0 Å². The van der Waals surface area contributed by atoms with E-state index >= 15 is 0 Å². The van der Waals surface area contributed by atoms with Crippen LogP contribution in [0.4, 0.5) is 0 Å². The van der Waals surface area contributed by atoms with Crippen molar-refractivity contribution in [1.82, 2.24) is 0 Å². The first kappa shape index (κ1) is 60.1. The van der Waals surface area contributed by atoms with Crippen molar-refractivity contribution in [2.24, 2.45) is 0 Å². The van der Waals surface area contributed by atoms with E-state index in [0.29, 0.717) is 19.3 Å². The van der Waals surface area contributed by atoms with E-state index < -0.39 is 6.10 Å². The highest BCUT2D eigenvalue weighted by Crippen LogP contribution is 2.16. The second-order valence-corrected chi connectivity index (χ2v) is 17.8. The number of allylic oxidation sites excluding steroid dienone is 10. The molecule has 0 saturated heterocycles. The van der Waals surface area contributed by atoms with E-state index in [0.717, 1.165) is 83.5 Å². The van der Waals surface area contributed by atoms with Crippen LogP contribution in [0.5, 0.6) is 0 Å². The summed E-state index contributed by atoms with van der Waals surface area (Å²) in [6.07, 6.45) is 64.1. The van der Waals surface area contributed by atoms with Crippen LogP contribution in [-0.4, -0.2) is 37.2 Å². The van der Waals surface area contributed by atoms with Gasteiger partial charge in [0.25, 0.3) is 0 Å². The molecule has 63 heavy (non-hydrogen) atoms. The van der Waals surface area contributed by atoms with E-state index in [1.165, 1.54) is 135 Å². The summed E-state index contributed by atoms with van der Waals surface area (Å²) in [6.45, 7) is 6.41. The Labute approximate surface area is 390 Å². The van der Waals surface area contributed by atoms with Gasteiger partial charge in [-0.1, -0.05) is 248 Å². The van der Waals surface area contributed by atoms with Crippen LogP contribution in [0.3, 0.4) is 0 Å². The third-order valence-electron chi connectivity index (χ3n) is 11.5. The molecule has 6 nitrogen and oxygen atoms in total. The topological polar surface area (TPSA) is 78.9 Å². The number of esters is 3. The number of carbonyl (C=O) groups is 3. The lowest BCUT2D eigenvalue weighted by molar-refractivity contribution is -0.167. The maximum absolute atomic E-state index is 12.7. The lowest BCUT2D eigenvalue weighted by Crippen LogP contribution is -2.30. The van der Waals surface area contributed by atoms with Gasteiger partial charge in [0.05, 0.1) is 0 Å². The highest BCUT2D eigenvalue weighted by Gasteiger charge is 2.19. The average molecular weight is 881 g/mol. The molecule has 0 N–H and O–H groups in total. The summed E-state index contributed by atoms with van der Waals surface area (Å²) in [5, 5.41) is 0. The first-order chi connectivity index (χ1) is 31.0. The molecule has 1 atom stereocenters. The summed E-state index contributed by atoms with van der Waals surface area (Å²) in [5.74, 6) is -0.962. The van der Waals surface area contributed by atoms with Crippen molar-refractivity contribution >= 4 is 17.9 Å². The van der Waals surface area contributed by atoms with Crippen molar-refractivity contribution in [3.05, 3.63) is 60.8 Å². The van der Waals surface area contributed by atoms with Crippen LogP contribution in [0, 0.1) is 0 Å². The highest BCUT2D eigenvalue weighted by molar-refractivity contribution is 5.71. The SMILES string of the molecule is CC/C=C\C/C=C\C/C=C\C/C=C\C/C=C\CCCC(=O)OC(COC(=O)CCCCCCC)COC(=O)CCCCCCCCCCCCCCCCCCCCCCCCC. The minimum atomic E-state index is -0.798. The van der Waals surface area contributed by atoms with Gasteiger partial charge in [-0.15, -0.1) is 0 Å². The normalized spacial score (nSPS) is 12.5. The Kier molecular flexibility index (Phi) is 49.4. The summed E-state index contributed by atoms with van der Waals surface area (Å²) < 4.78 is 16.6. The fourth-order valence-electron chi connectivity index (χ4n) is 7.54. The lowest BCUT2D eigenvalue weighted by atomic mass is 10.0. The van der Waals surface area contributed by atoms with Crippen LogP contribution in [-0.2, 0) is 28.6 Å². The van der Waals surface area contributed by atoms with Crippen LogP contribution in [0.25, 0.3) is 0 Å². The molecule has 0 aliphatic carbocycles. The minimum absolute atomic E-state index is 0.0948. The second-order valence-electron chi connectivity index (χ2n) is 17.8. The molecule has 0 saturated carbocycles. The molecular weight excluding hydrogens is 781 g/mol. The van der Waals surface area contributed by atoms with Crippen molar-refractivity contribution in [2.45, 2.75) is 271 Å². The van der Waals surface area contributed by atoms with Crippen molar-refractivity contribution in [3.8, 4) is 0 Å². The van der Waals surface area contributed by atoms with E-state index in [4.69, 9.17) is 14.2 Å². The van der Waals surface area contributed by atoms with Gasteiger partial charge in [0.1, 0.15) is 13.2 Å². The molecule has 0 fully saturated rings. The first-order valence-corrected chi connectivity index (χ1v) is 26.8. The average Bonchev–Trinajstić information content (AvgIpc) is 3.28. The molecule has 1 unspecified atom stereocenters. The van der Waals surface area contributed by atoms with Crippen molar-refractivity contribution in [1.29, 1.82) is 0 Å². The molecule has 0 bridgehead atoms. The van der Waals surface area contributed by atoms with Gasteiger partial charge in [-0.05, 0) is 57.8 Å². The molecule has 364 valence electrons. The molecule has 0 heterocycles. The van der Waals surface area contributed by atoms with Gasteiger partial charge in [0, 0.05) is 19.3 Å². The fraction of sp³-hybridized carbons (Fsp3) is 0.772. The maximum Gasteiger partial charge on any atom is 0.306 e. The molecular formula is C57H100O6. The quantitative estimate of drug-likeness (QED) is 0.0262. The summed E-state index contributed by atoms with van der Waals surface area (Å²) in [4.78, 5) is 37.7. The molecule has 0 aromatic carbocycles. The highest BCUT2D eigenvalue weighted by atomic mass is 16.6. The Morgan fingerprint density at radius 1 is 0.333 bits per heavy atom. The molecule has 0 amide bonds. The second kappa shape index (κ2) is 51.7. The number of unbranched alkanes of at least 4 members (excludes halogenated alkanes) is 27. The monoisotopic (exact) mass is 881 g/mol. The van der Waals surface area contributed by atoms with Crippen molar-refractivity contribution in [3.63, 3.8) is 0 Å². The molecule has 0 aromatic heterocycles. The summed E-state index contributed by atoms with van der Waals surface area (Å²) >= 11 is 0. The lowest BCUT2D eigenvalue weighted by Gasteiger charge is -2.18. The number of hydrogen-bond acceptors (Lipinski definition) is 6. The van der Waals surface area contributed by atoms with Gasteiger partial charge >= 0.3 is 17.9 Å². The van der Waals surface area contributed by atoms with E-state index in [-0.39, 0.29) is 37.5 Å². The number of carbonyl (C=O) groups excluding carboxylic acids is 3. The van der Waals surface area contributed by atoms with Gasteiger partial charge in [-0.3, -0.25) is 14.4 Å². The minimum Gasteiger partial charge on any atom is -0.462 e. The van der Waals surface area contributed by atoms with Crippen LogP contribution in [0.15, 0.2) is 60.8 Å². The van der Waals surface area contributed by atoms with Crippen LogP contribution >= 0.6 is 0 Å². The van der Waals surface area contributed by atoms with E-state index in [9.17, 15) is 14.4 Å². The fourth-order valence-corrected chi connectivity index (χ4v) is 7.54. The smallest absolute Gasteiger partial charge is 0.306 e. The van der Waals surface area contributed by atoms with Gasteiger partial charge < -0.3 is 14.2 Å². The maximum atomic E-state index is 12.7. The van der Waals surface area contributed by atoms with E-state index in [1.54, 1.807) is 0 Å². The summed E-state index contributed by atoms with van der Waals surface area (Å²) in [5.41, 5.74) is 0. The third kappa shape index (κ3) is 50.0. The Bertz CT molecular complexity index is 1150. The Balaban J connectivity index is 4.15. The van der Waals surface area contributed by atoms with Crippen LogP contribution in [0.1, 0.15) is 265 Å². The number of rotatable bonds is 48. The molecule has 6 heteroatoms. The summed E-state index contributed by atoms with van der Waals surface area (Å²) in [7, 11) is 0. The van der Waals surface area contributed by atoms with Gasteiger partial charge in [-0.25, -0.2) is 0 Å². The third-order valence-corrected chi connectivity index (χ3v) is 11.5. The molecule has 0 rings (SSSR count). The Hall–Kier alpha value is -2.89. The number of ether oxygens (including phenoxy) is 3. The zero-order valence-corrected chi connectivity index (χ0v) is 41.6. The predicted molar refractivity (Wildman–Crippen MR) is 270 cm³/mol. The zero-order valence-electron chi connectivity index (χ0n) is 41.6. The number of hydrogen-bond donors (Lipinski definition) is 0. The van der Waals surface area contributed by atoms with Crippen molar-refractivity contribution in [2.75, 3.05) is 13.2 Å². The predicted octanol–water partition coefficient (Wildman–Crippen LogP) is 17.6.